The molecule has 1 aliphatic carbocycles. The number of aliphatic hydroxyl groups excluding tert-OH is 1. The minimum absolute atomic E-state index is 0.0707. The third-order valence-corrected chi connectivity index (χ3v) is 3.77. The SMILES string of the molecule is CC(C)(C)OC(=O)NC[C@]1(CO)C[C@H]1c1ccccc1F. The Hall–Kier alpha value is -1.62. The van der Waals surface area contributed by atoms with E-state index in [0.717, 1.165) is 0 Å². The molecular formula is C16H22FNO3. The Morgan fingerprint density at radius 1 is 1.48 bits per heavy atom. The van der Waals surface area contributed by atoms with Crippen LogP contribution in [0.5, 0.6) is 0 Å². The summed E-state index contributed by atoms with van der Waals surface area (Å²) in [7, 11) is 0. The van der Waals surface area contributed by atoms with Crippen LogP contribution in [-0.4, -0.2) is 30.0 Å². The average Bonchev–Trinajstić information content (AvgIpc) is 3.10. The van der Waals surface area contributed by atoms with Gasteiger partial charge in [-0.05, 0) is 44.7 Å². The standard InChI is InChI=1S/C16H22FNO3/c1-15(2,3)21-14(20)18-9-16(10-19)8-12(16)11-6-4-5-7-13(11)17/h4-7,12,19H,8-10H2,1-3H3,(H,18,20)/t12-,16-/m0/s1. The maximum atomic E-state index is 13.8. The number of amides is 1. The Labute approximate surface area is 124 Å². The number of benzene rings is 1. The van der Waals surface area contributed by atoms with Gasteiger partial charge in [0.25, 0.3) is 0 Å². The van der Waals surface area contributed by atoms with Gasteiger partial charge in [-0.2, -0.15) is 0 Å². The minimum atomic E-state index is -0.565. The first-order valence-electron chi connectivity index (χ1n) is 7.09. The van der Waals surface area contributed by atoms with Crippen LogP contribution in [0.1, 0.15) is 38.7 Å². The van der Waals surface area contributed by atoms with Crippen LogP contribution in [0.25, 0.3) is 0 Å². The highest BCUT2D eigenvalue weighted by atomic mass is 19.1. The summed E-state index contributed by atoms with van der Waals surface area (Å²) in [6, 6.07) is 6.56. The van der Waals surface area contributed by atoms with E-state index in [2.05, 4.69) is 5.32 Å². The fraction of sp³-hybridized carbons (Fsp3) is 0.562. The number of carbonyl (C=O) groups is 1. The topological polar surface area (TPSA) is 58.6 Å². The maximum Gasteiger partial charge on any atom is 0.407 e. The minimum Gasteiger partial charge on any atom is -0.444 e. The van der Waals surface area contributed by atoms with Gasteiger partial charge in [0.2, 0.25) is 0 Å². The highest BCUT2D eigenvalue weighted by molar-refractivity contribution is 5.67. The molecule has 21 heavy (non-hydrogen) atoms. The summed E-state index contributed by atoms with van der Waals surface area (Å²) in [5.74, 6) is -0.339. The molecule has 2 rings (SSSR count). The normalized spacial score (nSPS) is 24.5. The van der Waals surface area contributed by atoms with Gasteiger partial charge in [-0.1, -0.05) is 18.2 Å². The number of aliphatic hydroxyl groups is 1. The molecule has 2 atom stereocenters. The fourth-order valence-corrected chi connectivity index (χ4v) is 2.53. The van der Waals surface area contributed by atoms with E-state index in [1.165, 1.54) is 6.07 Å². The summed E-state index contributed by atoms with van der Waals surface area (Å²) >= 11 is 0. The van der Waals surface area contributed by atoms with Crippen LogP contribution < -0.4 is 5.32 Å². The van der Waals surface area contributed by atoms with Gasteiger partial charge in [-0.25, -0.2) is 9.18 Å². The van der Waals surface area contributed by atoms with Gasteiger partial charge in [0.15, 0.2) is 0 Å². The number of alkyl carbamates (subject to hydrolysis) is 1. The molecule has 4 nitrogen and oxygen atoms in total. The lowest BCUT2D eigenvalue weighted by Gasteiger charge is -2.21. The van der Waals surface area contributed by atoms with Crippen molar-refractivity contribution in [2.24, 2.45) is 5.41 Å². The third-order valence-electron chi connectivity index (χ3n) is 3.77. The number of rotatable bonds is 4. The zero-order chi connectivity index (χ0) is 15.7. The van der Waals surface area contributed by atoms with Crippen LogP contribution in [0.3, 0.4) is 0 Å². The van der Waals surface area contributed by atoms with E-state index >= 15 is 0 Å². The molecule has 1 fully saturated rings. The average molecular weight is 295 g/mol. The van der Waals surface area contributed by atoms with Gasteiger partial charge < -0.3 is 15.2 Å². The van der Waals surface area contributed by atoms with Crippen molar-refractivity contribution in [3.8, 4) is 0 Å². The molecule has 0 spiro atoms. The van der Waals surface area contributed by atoms with Gasteiger partial charge in [-0.15, -0.1) is 0 Å². The Bertz CT molecular complexity index is 526. The van der Waals surface area contributed by atoms with E-state index in [9.17, 15) is 14.3 Å². The van der Waals surface area contributed by atoms with Crippen LogP contribution >= 0.6 is 0 Å². The second-order valence-electron chi connectivity index (χ2n) is 6.65. The third kappa shape index (κ3) is 3.73. The molecule has 5 heteroatoms. The highest BCUT2D eigenvalue weighted by Crippen LogP contribution is 2.59. The molecule has 0 heterocycles. The number of hydrogen-bond donors (Lipinski definition) is 2. The smallest absolute Gasteiger partial charge is 0.407 e. The molecular weight excluding hydrogens is 273 g/mol. The molecule has 0 bridgehead atoms. The molecule has 0 aliphatic heterocycles. The molecule has 116 valence electrons. The van der Waals surface area contributed by atoms with Crippen LogP contribution in [0.2, 0.25) is 0 Å². The molecule has 0 aromatic heterocycles. The monoisotopic (exact) mass is 295 g/mol. The number of carbonyl (C=O) groups excluding carboxylic acids is 1. The van der Waals surface area contributed by atoms with Crippen molar-refractivity contribution in [2.45, 2.75) is 38.7 Å². The summed E-state index contributed by atoms with van der Waals surface area (Å²) in [6.45, 7) is 5.54. The Balaban J connectivity index is 1.96. The van der Waals surface area contributed by atoms with Gasteiger partial charge in [0.1, 0.15) is 11.4 Å². The van der Waals surface area contributed by atoms with Gasteiger partial charge >= 0.3 is 6.09 Å². The van der Waals surface area contributed by atoms with Crippen LogP contribution in [0, 0.1) is 11.2 Å². The van der Waals surface area contributed by atoms with Crippen molar-refractivity contribution < 1.29 is 19.0 Å². The predicted octanol–water partition coefficient (Wildman–Crippen LogP) is 2.82. The number of ether oxygens (including phenoxy) is 1. The molecule has 0 radical (unpaired) electrons. The van der Waals surface area contributed by atoms with Crippen molar-refractivity contribution >= 4 is 6.09 Å². The van der Waals surface area contributed by atoms with E-state index in [0.29, 0.717) is 12.0 Å². The van der Waals surface area contributed by atoms with E-state index in [1.54, 1.807) is 39.0 Å². The molecule has 1 saturated carbocycles. The number of halogens is 1. The largest absolute Gasteiger partial charge is 0.444 e. The highest BCUT2D eigenvalue weighted by Gasteiger charge is 2.55. The summed E-state index contributed by atoms with van der Waals surface area (Å²) in [6.07, 6.45) is 0.134. The Morgan fingerprint density at radius 2 is 2.14 bits per heavy atom. The lowest BCUT2D eigenvalue weighted by molar-refractivity contribution is 0.0506. The Morgan fingerprint density at radius 3 is 2.71 bits per heavy atom. The fourth-order valence-electron chi connectivity index (χ4n) is 2.53. The van der Waals surface area contributed by atoms with Crippen LogP contribution in [0.4, 0.5) is 9.18 Å². The Kier molecular flexibility index (Phi) is 4.23. The van der Waals surface area contributed by atoms with E-state index in [1.807, 2.05) is 0 Å². The molecule has 1 aromatic carbocycles. The molecule has 0 saturated heterocycles. The summed E-state index contributed by atoms with van der Waals surface area (Å²) in [5.41, 5.74) is -0.457. The van der Waals surface area contributed by atoms with E-state index in [4.69, 9.17) is 4.74 Å². The van der Waals surface area contributed by atoms with Crippen molar-refractivity contribution in [1.29, 1.82) is 0 Å². The van der Waals surface area contributed by atoms with Gasteiger partial charge in [0.05, 0.1) is 6.61 Å². The summed E-state index contributed by atoms with van der Waals surface area (Å²) < 4.78 is 19.0. The van der Waals surface area contributed by atoms with Gasteiger partial charge in [-0.3, -0.25) is 0 Å². The molecule has 1 aromatic rings. The van der Waals surface area contributed by atoms with Crippen LogP contribution in [0.15, 0.2) is 24.3 Å². The van der Waals surface area contributed by atoms with Crippen molar-refractivity contribution in [3.05, 3.63) is 35.6 Å². The number of nitrogens with one attached hydrogen (secondary N) is 1. The van der Waals surface area contributed by atoms with E-state index in [-0.39, 0.29) is 24.9 Å². The van der Waals surface area contributed by atoms with Gasteiger partial charge in [0, 0.05) is 12.0 Å². The summed E-state index contributed by atoms with van der Waals surface area (Å²) in [5, 5.41) is 12.3. The lowest BCUT2D eigenvalue weighted by atomic mass is 9.99. The molecule has 1 aliphatic rings. The van der Waals surface area contributed by atoms with Crippen molar-refractivity contribution in [2.75, 3.05) is 13.2 Å². The first-order valence-corrected chi connectivity index (χ1v) is 7.09. The molecule has 1 amide bonds. The zero-order valence-electron chi connectivity index (χ0n) is 12.6. The zero-order valence-corrected chi connectivity index (χ0v) is 12.6. The maximum absolute atomic E-state index is 13.8. The van der Waals surface area contributed by atoms with Crippen LogP contribution in [-0.2, 0) is 4.74 Å². The molecule has 0 unspecified atom stereocenters. The molecule has 2 N–H and O–H groups in total. The quantitative estimate of drug-likeness (QED) is 0.898. The van der Waals surface area contributed by atoms with Crippen molar-refractivity contribution in [3.63, 3.8) is 0 Å². The van der Waals surface area contributed by atoms with E-state index < -0.39 is 17.1 Å². The van der Waals surface area contributed by atoms with Crippen molar-refractivity contribution in [1.82, 2.24) is 5.32 Å². The lowest BCUT2D eigenvalue weighted by Crippen LogP contribution is -2.37. The predicted molar refractivity (Wildman–Crippen MR) is 77.5 cm³/mol. The first kappa shape index (κ1) is 15.8. The number of hydrogen-bond acceptors (Lipinski definition) is 3. The first-order chi connectivity index (χ1) is 9.77. The summed E-state index contributed by atoms with van der Waals surface area (Å²) in [4.78, 5) is 11.7. The second kappa shape index (κ2) is 5.64. The second-order valence-corrected chi connectivity index (χ2v) is 6.65.